The van der Waals surface area contributed by atoms with Gasteiger partial charge in [-0.1, -0.05) is 0 Å². The quantitative estimate of drug-likeness (QED) is 0.931. The van der Waals surface area contributed by atoms with Gasteiger partial charge in [0.05, 0.1) is 6.04 Å². The zero-order chi connectivity index (χ0) is 15.5. The Labute approximate surface area is 130 Å². The van der Waals surface area contributed by atoms with Crippen LogP contribution in [0.4, 0.5) is 4.79 Å². The summed E-state index contributed by atoms with van der Waals surface area (Å²) in [4.78, 5) is 18.6. The van der Waals surface area contributed by atoms with Crippen LogP contribution in [0.3, 0.4) is 0 Å². The Morgan fingerprint density at radius 2 is 2.14 bits per heavy atom. The van der Waals surface area contributed by atoms with E-state index < -0.39 is 5.60 Å². The predicted octanol–water partition coefficient (Wildman–Crippen LogP) is 3.19. The van der Waals surface area contributed by atoms with Crippen molar-refractivity contribution in [3.63, 3.8) is 0 Å². The molecule has 1 aromatic rings. The summed E-state index contributed by atoms with van der Waals surface area (Å²) in [6.45, 7) is 9.78. The lowest BCUT2D eigenvalue weighted by Gasteiger charge is -2.35. The standard InChI is InChI=1S/C15H25N3O2S/c1-11(13-16-7-10-21-13)18-8-5-12(6-9-18)17-14(19)20-15(2,3)4/h7,10-12H,5-6,8-9H2,1-4H3,(H,17,19). The average molecular weight is 311 g/mol. The summed E-state index contributed by atoms with van der Waals surface area (Å²) < 4.78 is 5.30. The first-order valence-electron chi connectivity index (χ1n) is 7.48. The number of ether oxygens (including phenoxy) is 1. The van der Waals surface area contributed by atoms with Crippen LogP contribution in [0.5, 0.6) is 0 Å². The molecule has 0 saturated carbocycles. The van der Waals surface area contributed by atoms with Crippen molar-refractivity contribution >= 4 is 17.4 Å². The largest absolute Gasteiger partial charge is 0.444 e. The number of nitrogens with one attached hydrogen (secondary N) is 1. The van der Waals surface area contributed by atoms with Crippen LogP contribution < -0.4 is 5.32 Å². The zero-order valence-corrected chi connectivity index (χ0v) is 14.1. The Kier molecular flexibility index (Phi) is 5.22. The number of aromatic nitrogens is 1. The van der Waals surface area contributed by atoms with E-state index in [9.17, 15) is 4.79 Å². The van der Waals surface area contributed by atoms with Crippen molar-refractivity contribution in [2.75, 3.05) is 13.1 Å². The van der Waals surface area contributed by atoms with Crippen molar-refractivity contribution in [1.29, 1.82) is 0 Å². The molecule has 0 radical (unpaired) electrons. The van der Waals surface area contributed by atoms with Gasteiger partial charge < -0.3 is 10.1 Å². The van der Waals surface area contributed by atoms with E-state index in [1.165, 1.54) is 0 Å². The molecule has 1 aromatic heterocycles. The van der Waals surface area contributed by atoms with Crippen molar-refractivity contribution in [3.8, 4) is 0 Å². The van der Waals surface area contributed by atoms with Gasteiger partial charge in [0.15, 0.2) is 0 Å². The highest BCUT2D eigenvalue weighted by Crippen LogP contribution is 2.25. The molecule has 1 fully saturated rings. The smallest absolute Gasteiger partial charge is 0.407 e. The van der Waals surface area contributed by atoms with E-state index >= 15 is 0 Å². The molecule has 0 spiro atoms. The first kappa shape index (κ1) is 16.2. The summed E-state index contributed by atoms with van der Waals surface area (Å²) in [6, 6.07) is 0.562. The molecular formula is C15H25N3O2S. The lowest BCUT2D eigenvalue weighted by atomic mass is 10.0. The van der Waals surface area contributed by atoms with Gasteiger partial charge in [-0.2, -0.15) is 0 Å². The Hall–Kier alpha value is -1.14. The molecule has 0 bridgehead atoms. The van der Waals surface area contributed by atoms with E-state index in [-0.39, 0.29) is 12.1 Å². The molecule has 2 rings (SSSR count). The van der Waals surface area contributed by atoms with Gasteiger partial charge in [-0.05, 0) is 40.5 Å². The third-order valence-corrected chi connectivity index (χ3v) is 4.55. The Morgan fingerprint density at radius 1 is 1.48 bits per heavy atom. The van der Waals surface area contributed by atoms with Gasteiger partial charge in [0, 0.05) is 30.7 Å². The molecule has 1 atom stereocenters. The Balaban J connectivity index is 1.77. The van der Waals surface area contributed by atoms with E-state index in [0.717, 1.165) is 30.9 Å². The summed E-state index contributed by atoms with van der Waals surface area (Å²) in [5.74, 6) is 0. The highest BCUT2D eigenvalue weighted by molar-refractivity contribution is 7.09. The minimum atomic E-state index is -0.440. The maximum Gasteiger partial charge on any atom is 0.407 e. The van der Waals surface area contributed by atoms with E-state index in [0.29, 0.717) is 6.04 Å². The van der Waals surface area contributed by atoms with Gasteiger partial charge in [0.2, 0.25) is 0 Å². The van der Waals surface area contributed by atoms with E-state index in [1.807, 2.05) is 32.3 Å². The number of hydrogen-bond donors (Lipinski definition) is 1. The lowest BCUT2D eigenvalue weighted by Crippen LogP contribution is -2.46. The van der Waals surface area contributed by atoms with Gasteiger partial charge in [0.25, 0.3) is 0 Å². The third kappa shape index (κ3) is 4.97. The maximum atomic E-state index is 11.8. The van der Waals surface area contributed by atoms with E-state index in [2.05, 4.69) is 22.1 Å². The molecule has 2 heterocycles. The van der Waals surface area contributed by atoms with Crippen molar-refractivity contribution in [2.45, 2.75) is 58.2 Å². The van der Waals surface area contributed by atoms with Crippen molar-refractivity contribution in [1.82, 2.24) is 15.2 Å². The number of amides is 1. The monoisotopic (exact) mass is 311 g/mol. The van der Waals surface area contributed by atoms with Crippen LogP contribution in [-0.4, -0.2) is 40.7 Å². The first-order valence-corrected chi connectivity index (χ1v) is 8.36. The molecular weight excluding hydrogens is 286 g/mol. The minimum Gasteiger partial charge on any atom is -0.444 e. The average Bonchev–Trinajstić information content (AvgIpc) is 2.90. The number of piperidine rings is 1. The molecule has 6 heteroatoms. The normalized spacial score (nSPS) is 19.2. The van der Waals surface area contributed by atoms with Gasteiger partial charge in [0.1, 0.15) is 10.6 Å². The minimum absolute atomic E-state index is 0.208. The lowest BCUT2D eigenvalue weighted by molar-refractivity contribution is 0.0470. The molecule has 1 unspecified atom stereocenters. The second kappa shape index (κ2) is 6.75. The molecule has 1 saturated heterocycles. The highest BCUT2D eigenvalue weighted by Gasteiger charge is 2.26. The van der Waals surface area contributed by atoms with Crippen LogP contribution in [0.25, 0.3) is 0 Å². The molecule has 0 aliphatic carbocycles. The second-order valence-corrected chi connectivity index (χ2v) is 7.43. The summed E-state index contributed by atoms with van der Waals surface area (Å²) >= 11 is 1.70. The highest BCUT2D eigenvalue weighted by atomic mass is 32.1. The van der Waals surface area contributed by atoms with Crippen LogP contribution >= 0.6 is 11.3 Å². The summed E-state index contributed by atoms with van der Waals surface area (Å²) in [5, 5.41) is 6.15. The number of alkyl carbamates (subject to hydrolysis) is 1. The molecule has 118 valence electrons. The van der Waals surface area contributed by atoms with Crippen LogP contribution in [-0.2, 0) is 4.74 Å². The fourth-order valence-corrected chi connectivity index (χ4v) is 3.23. The number of likely N-dealkylation sites (tertiary alicyclic amines) is 1. The SMILES string of the molecule is CC(c1nccs1)N1CCC(NC(=O)OC(C)(C)C)CC1. The van der Waals surface area contributed by atoms with Crippen LogP contribution in [0.1, 0.15) is 51.6 Å². The molecule has 1 aliphatic heterocycles. The third-order valence-electron chi connectivity index (χ3n) is 3.61. The van der Waals surface area contributed by atoms with Crippen molar-refractivity contribution in [3.05, 3.63) is 16.6 Å². The number of hydrogen-bond acceptors (Lipinski definition) is 5. The number of thiazole rings is 1. The van der Waals surface area contributed by atoms with E-state index in [1.54, 1.807) is 11.3 Å². The molecule has 5 nitrogen and oxygen atoms in total. The topological polar surface area (TPSA) is 54.5 Å². The Morgan fingerprint density at radius 3 is 2.67 bits per heavy atom. The van der Waals surface area contributed by atoms with Crippen LogP contribution in [0.15, 0.2) is 11.6 Å². The fraction of sp³-hybridized carbons (Fsp3) is 0.733. The van der Waals surface area contributed by atoms with Crippen molar-refractivity contribution in [2.24, 2.45) is 0 Å². The fourth-order valence-electron chi connectivity index (χ4n) is 2.50. The molecule has 21 heavy (non-hydrogen) atoms. The van der Waals surface area contributed by atoms with Gasteiger partial charge in [-0.3, -0.25) is 4.90 Å². The summed E-state index contributed by atoms with van der Waals surface area (Å²) in [5.41, 5.74) is -0.440. The number of carbonyl (C=O) groups excluding carboxylic acids is 1. The summed E-state index contributed by atoms with van der Waals surface area (Å²) in [6.07, 6.45) is 3.45. The number of nitrogens with zero attached hydrogens (tertiary/aromatic N) is 2. The maximum absolute atomic E-state index is 11.8. The first-order chi connectivity index (χ1) is 9.85. The number of rotatable bonds is 3. The molecule has 1 aliphatic rings. The zero-order valence-electron chi connectivity index (χ0n) is 13.3. The number of carbonyl (C=O) groups is 1. The van der Waals surface area contributed by atoms with Gasteiger partial charge in [-0.15, -0.1) is 11.3 Å². The molecule has 1 N–H and O–H groups in total. The van der Waals surface area contributed by atoms with Crippen LogP contribution in [0.2, 0.25) is 0 Å². The summed E-state index contributed by atoms with van der Waals surface area (Å²) in [7, 11) is 0. The van der Waals surface area contributed by atoms with Crippen LogP contribution in [0, 0.1) is 0 Å². The molecule has 0 aromatic carbocycles. The predicted molar refractivity (Wildman–Crippen MR) is 84.5 cm³/mol. The molecule has 1 amide bonds. The second-order valence-electron chi connectivity index (χ2n) is 6.50. The van der Waals surface area contributed by atoms with E-state index in [4.69, 9.17) is 4.74 Å². The van der Waals surface area contributed by atoms with Gasteiger partial charge in [-0.25, -0.2) is 9.78 Å². The Bertz CT molecular complexity index is 448. The van der Waals surface area contributed by atoms with Crippen molar-refractivity contribution < 1.29 is 9.53 Å². The van der Waals surface area contributed by atoms with Gasteiger partial charge >= 0.3 is 6.09 Å².